The third-order valence-corrected chi connectivity index (χ3v) is 4.83. The predicted octanol–water partition coefficient (Wildman–Crippen LogP) is -0.449. The zero-order valence-corrected chi connectivity index (χ0v) is 16.4. The van der Waals surface area contributed by atoms with E-state index in [1.165, 1.54) is 18.2 Å². The standard InChI is InChI=1S/C21H23N3O6/c1-21(12-30-21)18(27)15(10-13-6-3-2-4-7-13)23-20(29)16(11-25)24-19(28)14-8-5-9-17(26)22-14/h2-9,15-16,25H,10-12H2,1H3,(H,22,26)(H,23,29)(H,24,28)/t15-,16?,21+/m0/s1. The fraction of sp³-hybridized carbons (Fsp3) is 0.333. The Bertz CT molecular complexity index is 983. The van der Waals surface area contributed by atoms with Crippen LogP contribution in [0.3, 0.4) is 0 Å². The number of ether oxygens (including phenoxy) is 1. The Morgan fingerprint density at radius 3 is 2.40 bits per heavy atom. The number of aliphatic hydroxyl groups is 1. The summed E-state index contributed by atoms with van der Waals surface area (Å²) < 4.78 is 5.22. The number of amides is 2. The fourth-order valence-electron chi connectivity index (χ4n) is 2.96. The number of benzene rings is 1. The van der Waals surface area contributed by atoms with Crippen LogP contribution >= 0.6 is 0 Å². The van der Waals surface area contributed by atoms with E-state index in [2.05, 4.69) is 15.6 Å². The van der Waals surface area contributed by atoms with Gasteiger partial charge in [-0.05, 0) is 25.0 Å². The molecule has 0 aliphatic carbocycles. The van der Waals surface area contributed by atoms with E-state index in [9.17, 15) is 24.3 Å². The van der Waals surface area contributed by atoms with E-state index in [1.807, 2.05) is 30.3 Å². The summed E-state index contributed by atoms with van der Waals surface area (Å²) in [5.74, 6) is -1.73. The van der Waals surface area contributed by atoms with Crippen molar-refractivity contribution in [2.24, 2.45) is 0 Å². The SMILES string of the molecule is C[C@]1(C(=O)[C@H](Cc2ccccc2)NC(=O)C(CO)NC(=O)c2cccc(=O)[nH]2)CO1. The van der Waals surface area contributed by atoms with Crippen LogP contribution in [-0.2, 0) is 20.7 Å². The van der Waals surface area contributed by atoms with E-state index in [4.69, 9.17) is 4.74 Å². The van der Waals surface area contributed by atoms with E-state index in [-0.39, 0.29) is 24.5 Å². The van der Waals surface area contributed by atoms with Crippen molar-refractivity contribution in [2.45, 2.75) is 31.0 Å². The first-order chi connectivity index (χ1) is 14.3. The molecule has 1 aromatic carbocycles. The van der Waals surface area contributed by atoms with Crippen LogP contribution in [0.1, 0.15) is 23.0 Å². The van der Waals surface area contributed by atoms with Crippen molar-refractivity contribution < 1.29 is 24.2 Å². The van der Waals surface area contributed by atoms with Crippen LogP contribution in [0.15, 0.2) is 53.3 Å². The van der Waals surface area contributed by atoms with Crippen LogP contribution < -0.4 is 16.2 Å². The van der Waals surface area contributed by atoms with Gasteiger partial charge in [0.1, 0.15) is 17.3 Å². The van der Waals surface area contributed by atoms with Gasteiger partial charge in [-0.3, -0.25) is 19.2 Å². The fourth-order valence-corrected chi connectivity index (χ4v) is 2.96. The largest absolute Gasteiger partial charge is 0.394 e. The third-order valence-electron chi connectivity index (χ3n) is 4.83. The Morgan fingerprint density at radius 2 is 1.80 bits per heavy atom. The maximum Gasteiger partial charge on any atom is 0.268 e. The Kier molecular flexibility index (Phi) is 6.43. The molecule has 1 aliphatic rings. The first kappa shape index (κ1) is 21.4. The normalized spacial score (nSPS) is 19.4. The lowest BCUT2D eigenvalue weighted by atomic mass is 9.94. The molecule has 1 aromatic heterocycles. The van der Waals surface area contributed by atoms with E-state index in [0.717, 1.165) is 5.56 Å². The second-order valence-corrected chi connectivity index (χ2v) is 7.27. The van der Waals surface area contributed by atoms with Crippen LogP contribution in [0.25, 0.3) is 0 Å². The van der Waals surface area contributed by atoms with Crippen LogP contribution in [-0.4, -0.2) is 58.6 Å². The number of aromatic nitrogens is 1. The molecule has 9 heteroatoms. The summed E-state index contributed by atoms with van der Waals surface area (Å²) in [6, 6.07) is 11.0. The average Bonchev–Trinajstić information content (AvgIpc) is 3.50. The lowest BCUT2D eigenvalue weighted by Crippen LogP contribution is -2.55. The van der Waals surface area contributed by atoms with E-state index >= 15 is 0 Å². The van der Waals surface area contributed by atoms with Crippen molar-refractivity contribution >= 4 is 17.6 Å². The van der Waals surface area contributed by atoms with Gasteiger partial charge in [0.05, 0.1) is 19.3 Å². The number of nitrogens with one attached hydrogen (secondary N) is 3. The number of epoxide rings is 1. The Hall–Kier alpha value is -3.30. The van der Waals surface area contributed by atoms with Gasteiger partial charge < -0.3 is 25.5 Å². The average molecular weight is 413 g/mol. The molecule has 0 radical (unpaired) electrons. The highest BCUT2D eigenvalue weighted by Gasteiger charge is 2.50. The van der Waals surface area contributed by atoms with Crippen LogP contribution in [0.4, 0.5) is 0 Å². The van der Waals surface area contributed by atoms with Gasteiger partial charge in [0, 0.05) is 6.07 Å². The molecule has 2 heterocycles. The Morgan fingerprint density at radius 1 is 1.10 bits per heavy atom. The molecule has 30 heavy (non-hydrogen) atoms. The highest BCUT2D eigenvalue weighted by Crippen LogP contribution is 2.29. The number of rotatable bonds is 9. The third kappa shape index (κ3) is 5.19. The maximum atomic E-state index is 12.8. The van der Waals surface area contributed by atoms with Gasteiger partial charge in [-0.1, -0.05) is 36.4 Å². The monoisotopic (exact) mass is 413 g/mol. The summed E-state index contributed by atoms with van der Waals surface area (Å²) in [5.41, 5.74) is -0.635. The molecule has 9 nitrogen and oxygen atoms in total. The highest BCUT2D eigenvalue weighted by atomic mass is 16.6. The van der Waals surface area contributed by atoms with Crippen molar-refractivity contribution in [3.63, 3.8) is 0 Å². The lowest BCUT2D eigenvalue weighted by Gasteiger charge is -2.23. The number of Topliss-reactive ketones (excluding diaryl/α,β-unsaturated/α-hetero) is 1. The van der Waals surface area contributed by atoms with Gasteiger partial charge in [-0.15, -0.1) is 0 Å². The zero-order valence-electron chi connectivity index (χ0n) is 16.4. The van der Waals surface area contributed by atoms with Gasteiger partial charge in [0.15, 0.2) is 5.78 Å². The van der Waals surface area contributed by atoms with E-state index in [0.29, 0.717) is 0 Å². The van der Waals surface area contributed by atoms with Crippen LogP contribution in [0, 0.1) is 0 Å². The summed E-state index contributed by atoms with van der Waals surface area (Å²) in [7, 11) is 0. The number of carbonyl (C=O) groups is 3. The molecular formula is C21H23N3O6. The number of ketones is 1. The molecule has 1 unspecified atom stereocenters. The number of H-pyrrole nitrogens is 1. The molecule has 2 aromatic rings. The van der Waals surface area contributed by atoms with E-state index < -0.39 is 41.7 Å². The highest BCUT2D eigenvalue weighted by molar-refractivity contribution is 5.99. The number of pyridine rings is 1. The molecule has 1 aliphatic heterocycles. The van der Waals surface area contributed by atoms with Crippen molar-refractivity contribution in [1.82, 2.24) is 15.6 Å². The molecule has 1 saturated heterocycles. The van der Waals surface area contributed by atoms with Crippen LogP contribution in [0.2, 0.25) is 0 Å². The number of hydrogen-bond donors (Lipinski definition) is 4. The van der Waals surface area contributed by atoms with Gasteiger partial charge in [-0.25, -0.2) is 0 Å². The smallest absolute Gasteiger partial charge is 0.268 e. The van der Waals surface area contributed by atoms with Crippen molar-refractivity contribution in [2.75, 3.05) is 13.2 Å². The predicted molar refractivity (Wildman–Crippen MR) is 107 cm³/mol. The summed E-state index contributed by atoms with van der Waals surface area (Å²) >= 11 is 0. The molecule has 2 amide bonds. The van der Waals surface area contributed by atoms with Crippen molar-refractivity contribution in [3.05, 3.63) is 70.1 Å². The maximum absolute atomic E-state index is 12.8. The number of aromatic amines is 1. The van der Waals surface area contributed by atoms with Gasteiger partial charge >= 0.3 is 0 Å². The van der Waals surface area contributed by atoms with E-state index in [1.54, 1.807) is 6.92 Å². The number of hydrogen-bond acceptors (Lipinski definition) is 6. The minimum Gasteiger partial charge on any atom is -0.394 e. The molecule has 4 N–H and O–H groups in total. The van der Waals surface area contributed by atoms with Crippen LogP contribution in [0.5, 0.6) is 0 Å². The van der Waals surface area contributed by atoms with Crippen molar-refractivity contribution in [3.8, 4) is 0 Å². The summed E-state index contributed by atoms with van der Waals surface area (Å²) in [6.07, 6.45) is 0.239. The second kappa shape index (κ2) is 9.02. The summed E-state index contributed by atoms with van der Waals surface area (Å²) in [6.45, 7) is 1.24. The van der Waals surface area contributed by atoms with Gasteiger partial charge in [0.2, 0.25) is 11.5 Å². The van der Waals surface area contributed by atoms with Gasteiger partial charge in [0.25, 0.3) is 5.91 Å². The minimum absolute atomic E-state index is 0.0513. The quantitative estimate of drug-likeness (QED) is 0.411. The number of aliphatic hydroxyl groups excluding tert-OH is 1. The Labute approximate surface area is 172 Å². The molecular weight excluding hydrogens is 390 g/mol. The minimum atomic E-state index is -1.31. The summed E-state index contributed by atoms with van der Waals surface area (Å²) in [5, 5.41) is 14.6. The molecule has 0 bridgehead atoms. The molecule has 0 spiro atoms. The number of carbonyl (C=O) groups excluding carboxylic acids is 3. The van der Waals surface area contributed by atoms with Crippen molar-refractivity contribution in [1.29, 1.82) is 0 Å². The second-order valence-electron chi connectivity index (χ2n) is 7.27. The first-order valence-corrected chi connectivity index (χ1v) is 9.46. The zero-order chi connectivity index (χ0) is 21.7. The first-order valence-electron chi connectivity index (χ1n) is 9.46. The topological polar surface area (TPSA) is 141 Å². The van der Waals surface area contributed by atoms with Gasteiger partial charge in [-0.2, -0.15) is 0 Å². The molecule has 1 fully saturated rings. The Balaban J connectivity index is 1.71. The molecule has 0 saturated carbocycles. The molecule has 3 atom stereocenters. The molecule has 3 rings (SSSR count). The lowest BCUT2D eigenvalue weighted by molar-refractivity contribution is -0.131. The molecule has 158 valence electrons. The summed E-state index contributed by atoms with van der Waals surface area (Å²) in [4.78, 5) is 51.5.